The van der Waals surface area contributed by atoms with Crippen LogP contribution in [0, 0.1) is 29.1 Å². The molecule has 2 aromatic carbocycles. The minimum atomic E-state index is -0.995. The molecular weight excluding hydrogens is 490 g/mol. The molecule has 0 unspecified atom stereocenters. The summed E-state index contributed by atoms with van der Waals surface area (Å²) in [7, 11) is 5.53. The summed E-state index contributed by atoms with van der Waals surface area (Å²) in [5, 5.41) is 12.3. The Bertz CT molecular complexity index is 1380. The van der Waals surface area contributed by atoms with Crippen molar-refractivity contribution in [3.05, 3.63) is 46.5 Å². The van der Waals surface area contributed by atoms with E-state index in [1.54, 1.807) is 14.2 Å². The van der Waals surface area contributed by atoms with Crippen molar-refractivity contribution < 1.29 is 24.1 Å². The zero-order valence-electron chi connectivity index (χ0n) is 23.5. The van der Waals surface area contributed by atoms with Crippen molar-refractivity contribution in [2.45, 2.75) is 69.4 Å². The van der Waals surface area contributed by atoms with Crippen molar-refractivity contribution in [1.82, 2.24) is 4.90 Å². The molecule has 5 aliphatic rings. The summed E-state index contributed by atoms with van der Waals surface area (Å²) in [6.45, 7) is 3.41. The lowest BCUT2D eigenvalue weighted by Gasteiger charge is -2.52. The molecule has 0 bridgehead atoms. The van der Waals surface area contributed by atoms with Crippen LogP contribution in [0.1, 0.15) is 73.2 Å². The number of fused-ring (bicyclic) bond motifs is 7. The van der Waals surface area contributed by atoms with E-state index in [0.717, 1.165) is 62.1 Å². The van der Waals surface area contributed by atoms with Gasteiger partial charge in [-0.3, -0.25) is 4.90 Å². The summed E-state index contributed by atoms with van der Waals surface area (Å²) in [4.78, 5) is 2.27. The van der Waals surface area contributed by atoms with Crippen LogP contribution in [-0.4, -0.2) is 50.2 Å². The highest BCUT2D eigenvalue weighted by Gasteiger charge is 2.61. The SMILES string of the molecule is COc1ccc2c(c1)CC[C@@H]1[C@H]2CC[C@@]2(C)[C@H]1CC[C@]2(O)C#C[C@@H]1c2c(cc3c(c2OC)OCO3)CCN1C. The lowest BCUT2D eigenvalue weighted by atomic mass is 9.53. The molecule has 1 N–H and O–H groups in total. The van der Waals surface area contributed by atoms with Crippen molar-refractivity contribution in [3.8, 4) is 34.8 Å². The van der Waals surface area contributed by atoms with E-state index >= 15 is 0 Å². The van der Waals surface area contributed by atoms with Gasteiger partial charge in [-0.1, -0.05) is 24.8 Å². The number of aliphatic hydroxyl groups is 1. The van der Waals surface area contributed by atoms with Crippen molar-refractivity contribution in [3.63, 3.8) is 0 Å². The van der Waals surface area contributed by atoms with E-state index in [-0.39, 0.29) is 18.2 Å². The first kappa shape index (κ1) is 25.1. The first-order valence-electron chi connectivity index (χ1n) is 14.5. The molecule has 0 saturated heterocycles. The van der Waals surface area contributed by atoms with E-state index in [4.69, 9.17) is 18.9 Å². The average Bonchev–Trinajstić information content (AvgIpc) is 3.52. The largest absolute Gasteiger partial charge is 0.497 e. The number of hydrogen-bond donors (Lipinski definition) is 1. The van der Waals surface area contributed by atoms with Crippen LogP contribution in [-0.2, 0) is 12.8 Å². The molecule has 39 heavy (non-hydrogen) atoms. The standard InChI is InChI=1S/C33H39NO5/c1-32-13-9-24-23-8-6-22(36-3)17-20(23)5-7-25(24)26(32)10-14-33(32,35)15-11-27-29-21(12-16-34(27)2)18-28-30(31(29)37-4)39-19-38-28/h6,8,17-18,24-27,35H,5,7,9-10,12-14,16,19H2,1-4H3/t24-,25+,26-,27+,32-,33-/m0/s1. The Kier molecular flexibility index (Phi) is 5.84. The van der Waals surface area contributed by atoms with Crippen molar-refractivity contribution in [1.29, 1.82) is 0 Å². The van der Waals surface area contributed by atoms with Crippen LogP contribution in [0.5, 0.6) is 23.0 Å². The first-order chi connectivity index (χ1) is 18.9. The van der Waals surface area contributed by atoms with E-state index < -0.39 is 5.60 Å². The van der Waals surface area contributed by atoms with Crippen LogP contribution in [0.25, 0.3) is 0 Å². The summed E-state index contributed by atoms with van der Waals surface area (Å²) in [6, 6.07) is 8.56. The van der Waals surface area contributed by atoms with Gasteiger partial charge in [0.1, 0.15) is 17.4 Å². The molecule has 6 heteroatoms. The number of methoxy groups -OCH3 is 2. The van der Waals surface area contributed by atoms with Crippen molar-refractivity contribution in [2.24, 2.45) is 17.3 Å². The summed E-state index contributed by atoms with van der Waals surface area (Å²) in [6.07, 6.45) is 7.03. The average molecular weight is 530 g/mol. The molecule has 2 aromatic rings. The van der Waals surface area contributed by atoms with Crippen LogP contribution in [0.2, 0.25) is 0 Å². The van der Waals surface area contributed by atoms with Gasteiger partial charge in [-0.2, -0.15) is 0 Å². The Morgan fingerprint density at radius 2 is 1.90 bits per heavy atom. The zero-order valence-corrected chi connectivity index (χ0v) is 23.5. The highest BCUT2D eigenvalue weighted by atomic mass is 16.7. The van der Waals surface area contributed by atoms with Crippen LogP contribution >= 0.6 is 0 Å². The van der Waals surface area contributed by atoms with E-state index in [2.05, 4.69) is 55.0 Å². The molecule has 0 spiro atoms. The fraction of sp³-hybridized carbons (Fsp3) is 0.576. The second-order valence-electron chi connectivity index (χ2n) is 12.5. The number of aryl methyl sites for hydroxylation is 1. The monoisotopic (exact) mass is 529 g/mol. The highest BCUT2D eigenvalue weighted by Crippen LogP contribution is 2.64. The molecule has 0 aromatic heterocycles. The molecule has 7 rings (SSSR count). The van der Waals surface area contributed by atoms with Gasteiger partial charge >= 0.3 is 0 Å². The fourth-order valence-electron chi connectivity index (χ4n) is 8.71. The third-order valence-electron chi connectivity index (χ3n) is 10.9. The van der Waals surface area contributed by atoms with Gasteiger partial charge in [0.15, 0.2) is 11.5 Å². The van der Waals surface area contributed by atoms with Gasteiger partial charge in [-0.05, 0) is 105 Å². The third kappa shape index (κ3) is 3.62. The maximum absolute atomic E-state index is 12.3. The lowest BCUT2D eigenvalue weighted by Crippen LogP contribution is -2.50. The molecular formula is C33H39NO5. The Balaban J connectivity index is 1.21. The molecule has 0 amide bonds. The van der Waals surface area contributed by atoms with Crippen LogP contribution in [0.15, 0.2) is 24.3 Å². The molecule has 2 aliphatic heterocycles. The third-order valence-corrected chi connectivity index (χ3v) is 10.9. The second kappa shape index (κ2) is 9.08. The van der Waals surface area contributed by atoms with E-state index in [1.807, 2.05) is 0 Å². The number of hydrogen-bond acceptors (Lipinski definition) is 6. The van der Waals surface area contributed by atoms with Gasteiger partial charge in [-0.15, -0.1) is 0 Å². The number of benzene rings is 2. The Morgan fingerprint density at radius 1 is 1.03 bits per heavy atom. The Morgan fingerprint density at radius 3 is 2.72 bits per heavy atom. The molecule has 2 heterocycles. The number of likely N-dealkylation sites (N-methyl/N-ethyl adjacent to an activating group) is 1. The van der Waals surface area contributed by atoms with Gasteiger partial charge in [0.05, 0.1) is 14.2 Å². The molecule has 2 fully saturated rings. The maximum Gasteiger partial charge on any atom is 0.231 e. The predicted octanol–water partition coefficient (Wildman–Crippen LogP) is 5.25. The minimum Gasteiger partial charge on any atom is -0.497 e. The molecule has 6 atom stereocenters. The van der Waals surface area contributed by atoms with E-state index in [9.17, 15) is 5.11 Å². The summed E-state index contributed by atoms with van der Waals surface area (Å²) in [5.74, 6) is 11.8. The van der Waals surface area contributed by atoms with Crippen molar-refractivity contribution in [2.75, 3.05) is 34.6 Å². The predicted molar refractivity (Wildman–Crippen MR) is 149 cm³/mol. The smallest absolute Gasteiger partial charge is 0.231 e. The first-order valence-corrected chi connectivity index (χ1v) is 14.5. The molecule has 6 nitrogen and oxygen atoms in total. The van der Waals surface area contributed by atoms with Gasteiger partial charge in [0.2, 0.25) is 12.5 Å². The van der Waals surface area contributed by atoms with Crippen molar-refractivity contribution >= 4 is 0 Å². The lowest BCUT2D eigenvalue weighted by molar-refractivity contribution is -0.0649. The number of nitrogens with zero attached hydrogens (tertiary/aromatic N) is 1. The summed E-state index contributed by atoms with van der Waals surface area (Å²) in [5.41, 5.74) is 3.98. The molecule has 0 radical (unpaired) electrons. The van der Waals surface area contributed by atoms with E-state index in [1.165, 1.54) is 23.1 Å². The summed E-state index contributed by atoms with van der Waals surface area (Å²) < 4.78 is 22.8. The normalized spacial score (nSPS) is 34.2. The van der Waals surface area contributed by atoms with Gasteiger partial charge in [0.25, 0.3) is 0 Å². The van der Waals surface area contributed by atoms with Crippen LogP contribution in [0.4, 0.5) is 0 Å². The minimum absolute atomic E-state index is 0.169. The fourth-order valence-corrected chi connectivity index (χ4v) is 8.71. The quantitative estimate of drug-likeness (QED) is 0.536. The topological polar surface area (TPSA) is 60.4 Å². The summed E-state index contributed by atoms with van der Waals surface area (Å²) >= 11 is 0. The number of rotatable bonds is 2. The Hall–Kier alpha value is -2.88. The molecule has 3 aliphatic carbocycles. The Labute approximate surface area is 231 Å². The van der Waals surface area contributed by atoms with E-state index in [0.29, 0.717) is 29.3 Å². The van der Waals surface area contributed by atoms with Crippen LogP contribution in [0.3, 0.4) is 0 Å². The molecule has 2 saturated carbocycles. The van der Waals surface area contributed by atoms with Crippen LogP contribution < -0.4 is 18.9 Å². The second-order valence-corrected chi connectivity index (χ2v) is 12.5. The molecule has 206 valence electrons. The zero-order chi connectivity index (χ0) is 26.9. The van der Waals surface area contributed by atoms with Gasteiger partial charge in [-0.25, -0.2) is 0 Å². The highest BCUT2D eigenvalue weighted by molar-refractivity contribution is 5.63. The van der Waals surface area contributed by atoms with Gasteiger partial charge < -0.3 is 24.1 Å². The van der Waals surface area contributed by atoms with Gasteiger partial charge in [0, 0.05) is 17.5 Å². The number of ether oxygens (including phenoxy) is 4. The maximum atomic E-state index is 12.3.